The number of halogens is 1. The standard InChI is InChI=1S/C17H24ClN3OS/c1-13(2)21(3)9-4-10-22-15-7-5-14(6-8-15)17-19-11-16(23-17)12-20-18/h5-8,11,13,20H,4,9-10,12H2,1-3H3. The normalized spacial score (nSPS) is 11.4. The van der Waals surface area contributed by atoms with Gasteiger partial charge in [0.15, 0.2) is 0 Å². The predicted octanol–water partition coefficient (Wildman–Crippen LogP) is 4.16. The van der Waals surface area contributed by atoms with Crippen LogP contribution < -0.4 is 9.57 Å². The minimum Gasteiger partial charge on any atom is -0.494 e. The summed E-state index contributed by atoms with van der Waals surface area (Å²) in [7, 11) is 2.14. The second-order valence-electron chi connectivity index (χ2n) is 5.74. The molecule has 6 heteroatoms. The van der Waals surface area contributed by atoms with Crippen LogP contribution in [0.4, 0.5) is 0 Å². The highest BCUT2D eigenvalue weighted by molar-refractivity contribution is 7.15. The summed E-state index contributed by atoms with van der Waals surface area (Å²) < 4.78 is 5.80. The van der Waals surface area contributed by atoms with Gasteiger partial charge in [-0.15, -0.1) is 11.3 Å². The van der Waals surface area contributed by atoms with Crippen molar-refractivity contribution in [1.82, 2.24) is 14.7 Å². The first-order valence-corrected chi connectivity index (χ1v) is 9.01. The molecule has 126 valence electrons. The summed E-state index contributed by atoms with van der Waals surface area (Å²) in [6.45, 7) is 6.82. The van der Waals surface area contributed by atoms with E-state index in [0.29, 0.717) is 12.6 Å². The molecular formula is C17H24ClN3OS. The molecule has 0 bridgehead atoms. The van der Waals surface area contributed by atoms with E-state index in [1.807, 2.05) is 30.5 Å². The van der Waals surface area contributed by atoms with Crippen molar-refractivity contribution in [3.8, 4) is 16.3 Å². The molecule has 0 amide bonds. The molecule has 2 rings (SSSR count). The quantitative estimate of drug-likeness (QED) is 0.542. The Hall–Kier alpha value is -1.14. The molecule has 1 heterocycles. The Balaban J connectivity index is 1.82. The lowest BCUT2D eigenvalue weighted by molar-refractivity contribution is 0.234. The van der Waals surface area contributed by atoms with Crippen LogP contribution in [0.5, 0.6) is 5.75 Å². The molecule has 1 aromatic carbocycles. The van der Waals surface area contributed by atoms with Crippen LogP contribution in [0.15, 0.2) is 30.5 Å². The zero-order valence-corrected chi connectivity index (χ0v) is 15.5. The van der Waals surface area contributed by atoms with Gasteiger partial charge in [-0.3, -0.25) is 0 Å². The minimum absolute atomic E-state index is 0.575. The third kappa shape index (κ3) is 5.77. The van der Waals surface area contributed by atoms with Crippen molar-refractivity contribution in [1.29, 1.82) is 0 Å². The molecule has 0 spiro atoms. The molecule has 1 aromatic heterocycles. The van der Waals surface area contributed by atoms with Crippen molar-refractivity contribution < 1.29 is 4.74 Å². The summed E-state index contributed by atoms with van der Waals surface area (Å²) in [5, 5.41) is 0.997. The summed E-state index contributed by atoms with van der Waals surface area (Å²) in [6.07, 6.45) is 2.88. The van der Waals surface area contributed by atoms with Gasteiger partial charge in [-0.25, -0.2) is 9.82 Å². The highest BCUT2D eigenvalue weighted by Crippen LogP contribution is 2.26. The fraction of sp³-hybridized carbons (Fsp3) is 0.471. The van der Waals surface area contributed by atoms with Gasteiger partial charge in [-0.05, 0) is 63.4 Å². The molecule has 0 atom stereocenters. The number of hydrogen-bond donors (Lipinski definition) is 1. The van der Waals surface area contributed by atoms with Crippen LogP contribution in [0.2, 0.25) is 0 Å². The average Bonchev–Trinajstić information content (AvgIpc) is 3.01. The fourth-order valence-corrected chi connectivity index (χ4v) is 3.13. The maximum atomic E-state index is 5.80. The Labute approximate surface area is 147 Å². The number of nitrogens with zero attached hydrogens (tertiary/aromatic N) is 2. The summed E-state index contributed by atoms with van der Waals surface area (Å²) in [4.78, 5) is 10.5. The fourth-order valence-electron chi connectivity index (χ4n) is 2.04. The van der Waals surface area contributed by atoms with E-state index in [1.165, 1.54) is 0 Å². The van der Waals surface area contributed by atoms with E-state index < -0.39 is 0 Å². The van der Waals surface area contributed by atoms with Crippen molar-refractivity contribution in [3.63, 3.8) is 0 Å². The maximum Gasteiger partial charge on any atom is 0.123 e. The van der Waals surface area contributed by atoms with E-state index >= 15 is 0 Å². The van der Waals surface area contributed by atoms with E-state index in [9.17, 15) is 0 Å². The Bertz CT molecular complexity index is 586. The molecule has 0 aliphatic carbocycles. The molecule has 0 radical (unpaired) electrons. The Kier molecular flexibility index (Phi) is 7.30. The molecule has 4 nitrogen and oxygen atoms in total. The van der Waals surface area contributed by atoms with E-state index in [1.54, 1.807) is 11.3 Å². The first kappa shape index (κ1) is 18.2. The van der Waals surface area contributed by atoms with E-state index in [0.717, 1.165) is 40.8 Å². The van der Waals surface area contributed by atoms with Crippen LogP contribution in [0, 0.1) is 0 Å². The highest BCUT2D eigenvalue weighted by Gasteiger charge is 2.05. The van der Waals surface area contributed by atoms with Crippen LogP contribution in [-0.4, -0.2) is 36.1 Å². The van der Waals surface area contributed by atoms with Gasteiger partial charge < -0.3 is 9.64 Å². The third-order valence-electron chi connectivity index (χ3n) is 3.70. The van der Waals surface area contributed by atoms with Crippen molar-refractivity contribution in [2.24, 2.45) is 0 Å². The van der Waals surface area contributed by atoms with Gasteiger partial charge in [0.25, 0.3) is 0 Å². The number of aromatic nitrogens is 1. The molecule has 1 N–H and O–H groups in total. The molecule has 0 aliphatic rings. The summed E-state index contributed by atoms with van der Waals surface area (Å²) in [5.41, 5.74) is 1.10. The van der Waals surface area contributed by atoms with Gasteiger partial charge in [0, 0.05) is 35.8 Å². The second kappa shape index (κ2) is 9.23. The first-order chi connectivity index (χ1) is 11.1. The van der Waals surface area contributed by atoms with Crippen LogP contribution >= 0.6 is 23.1 Å². The van der Waals surface area contributed by atoms with E-state index in [2.05, 4.69) is 35.6 Å². The number of rotatable bonds is 9. The molecule has 0 saturated heterocycles. The summed E-state index contributed by atoms with van der Waals surface area (Å²) in [5.74, 6) is 0.903. The average molecular weight is 354 g/mol. The number of ether oxygens (including phenoxy) is 1. The minimum atomic E-state index is 0.575. The largest absolute Gasteiger partial charge is 0.494 e. The van der Waals surface area contributed by atoms with Crippen molar-refractivity contribution in [3.05, 3.63) is 35.3 Å². The lowest BCUT2D eigenvalue weighted by Crippen LogP contribution is -2.28. The molecular weight excluding hydrogens is 330 g/mol. The van der Waals surface area contributed by atoms with Crippen molar-refractivity contribution in [2.75, 3.05) is 20.2 Å². The predicted molar refractivity (Wildman–Crippen MR) is 98.1 cm³/mol. The van der Waals surface area contributed by atoms with Crippen molar-refractivity contribution >= 4 is 23.1 Å². The first-order valence-electron chi connectivity index (χ1n) is 7.82. The zero-order valence-electron chi connectivity index (χ0n) is 13.9. The van der Waals surface area contributed by atoms with Crippen LogP contribution in [0.1, 0.15) is 25.1 Å². The Morgan fingerprint density at radius 3 is 2.70 bits per heavy atom. The molecule has 0 aliphatic heterocycles. The number of thiazole rings is 1. The van der Waals surface area contributed by atoms with Crippen molar-refractivity contribution in [2.45, 2.75) is 32.9 Å². The van der Waals surface area contributed by atoms with E-state index in [4.69, 9.17) is 16.5 Å². The SMILES string of the molecule is CC(C)N(C)CCCOc1ccc(-c2ncc(CNCl)s2)cc1. The van der Waals surface area contributed by atoms with Gasteiger partial charge in [-0.1, -0.05) is 0 Å². The van der Waals surface area contributed by atoms with Crippen LogP contribution in [-0.2, 0) is 6.54 Å². The molecule has 2 aromatic rings. The monoisotopic (exact) mass is 353 g/mol. The van der Waals surface area contributed by atoms with Crippen LogP contribution in [0.3, 0.4) is 0 Å². The smallest absolute Gasteiger partial charge is 0.123 e. The Morgan fingerprint density at radius 1 is 1.30 bits per heavy atom. The summed E-state index contributed by atoms with van der Waals surface area (Å²) >= 11 is 7.16. The molecule has 0 saturated carbocycles. The lowest BCUT2D eigenvalue weighted by Gasteiger charge is -2.20. The lowest BCUT2D eigenvalue weighted by atomic mass is 10.2. The second-order valence-corrected chi connectivity index (χ2v) is 7.13. The topological polar surface area (TPSA) is 37.4 Å². The molecule has 23 heavy (non-hydrogen) atoms. The maximum absolute atomic E-state index is 5.80. The number of benzene rings is 1. The van der Waals surface area contributed by atoms with E-state index in [-0.39, 0.29) is 0 Å². The summed E-state index contributed by atoms with van der Waals surface area (Å²) in [6, 6.07) is 8.68. The van der Waals surface area contributed by atoms with Gasteiger partial charge in [0.05, 0.1) is 6.61 Å². The molecule has 0 fully saturated rings. The van der Waals surface area contributed by atoms with Crippen LogP contribution in [0.25, 0.3) is 10.6 Å². The van der Waals surface area contributed by atoms with Gasteiger partial charge in [0.2, 0.25) is 0 Å². The third-order valence-corrected chi connectivity index (χ3v) is 4.88. The number of nitrogens with one attached hydrogen (secondary N) is 1. The van der Waals surface area contributed by atoms with Gasteiger partial charge in [0.1, 0.15) is 10.8 Å². The molecule has 0 unspecified atom stereocenters. The van der Waals surface area contributed by atoms with Gasteiger partial charge >= 0.3 is 0 Å². The highest BCUT2D eigenvalue weighted by atomic mass is 35.5. The number of hydrogen-bond acceptors (Lipinski definition) is 5. The zero-order chi connectivity index (χ0) is 16.7. The Morgan fingerprint density at radius 2 is 2.04 bits per heavy atom. The van der Waals surface area contributed by atoms with Gasteiger partial charge in [-0.2, -0.15) is 0 Å².